The molecule has 142 valence electrons. The maximum absolute atomic E-state index is 12.3. The van der Waals surface area contributed by atoms with E-state index in [4.69, 9.17) is 11.5 Å². The summed E-state index contributed by atoms with van der Waals surface area (Å²) in [4.78, 5) is 33.9. The molecule has 0 bridgehead atoms. The van der Waals surface area contributed by atoms with E-state index >= 15 is 0 Å². The number of nitrogens with one attached hydrogen (secondary N) is 1. The van der Waals surface area contributed by atoms with Crippen LogP contribution in [0.1, 0.15) is 23.2 Å². The molecular formula is C19H24N6O2. The number of hydrogen-bond acceptors (Lipinski definition) is 6. The van der Waals surface area contributed by atoms with E-state index in [1.165, 1.54) is 6.33 Å². The Hall–Kier alpha value is -3.00. The lowest BCUT2D eigenvalue weighted by atomic mass is 9.97. The molecule has 0 aliphatic carbocycles. The first kappa shape index (κ1) is 18.8. The number of carbonyl (C=O) groups excluding carboxylic acids is 2. The Labute approximate surface area is 158 Å². The summed E-state index contributed by atoms with van der Waals surface area (Å²) in [5.74, 6) is -0.0579. The monoisotopic (exact) mass is 368 g/mol. The molecule has 3 rings (SSSR count). The van der Waals surface area contributed by atoms with E-state index < -0.39 is 0 Å². The second kappa shape index (κ2) is 8.59. The van der Waals surface area contributed by atoms with Crippen molar-refractivity contribution >= 4 is 17.6 Å². The van der Waals surface area contributed by atoms with Crippen molar-refractivity contribution in [2.45, 2.75) is 12.8 Å². The average Bonchev–Trinajstić information content (AvgIpc) is 2.68. The lowest BCUT2D eigenvalue weighted by molar-refractivity contribution is -0.123. The van der Waals surface area contributed by atoms with E-state index in [1.54, 1.807) is 18.2 Å². The average molecular weight is 368 g/mol. The molecule has 8 heteroatoms. The topological polar surface area (TPSA) is 127 Å². The minimum atomic E-state index is -0.241. The predicted molar refractivity (Wildman–Crippen MR) is 103 cm³/mol. The number of rotatable bonds is 6. The van der Waals surface area contributed by atoms with Crippen molar-refractivity contribution in [3.8, 4) is 11.3 Å². The van der Waals surface area contributed by atoms with Gasteiger partial charge in [0.1, 0.15) is 12.1 Å². The molecule has 8 nitrogen and oxygen atoms in total. The normalized spacial score (nSPS) is 17.4. The van der Waals surface area contributed by atoms with Gasteiger partial charge in [-0.15, -0.1) is 0 Å². The summed E-state index contributed by atoms with van der Waals surface area (Å²) in [5, 5.41) is 2.92. The molecule has 0 radical (unpaired) electrons. The van der Waals surface area contributed by atoms with Crippen LogP contribution in [-0.4, -0.2) is 52.9 Å². The van der Waals surface area contributed by atoms with Gasteiger partial charge in [-0.1, -0.05) is 12.1 Å². The number of aromatic nitrogens is 2. The fourth-order valence-electron chi connectivity index (χ4n) is 3.24. The zero-order chi connectivity index (χ0) is 19.2. The Balaban J connectivity index is 1.50. The number of benzene rings is 1. The first-order valence-corrected chi connectivity index (χ1v) is 9.01. The summed E-state index contributed by atoms with van der Waals surface area (Å²) in [7, 11) is 0. The molecule has 2 amide bonds. The van der Waals surface area contributed by atoms with E-state index in [0.29, 0.717) is 36.7 Å². The fourth-order valence-corrected chi connectivity index (χ4v) is 3.24. The summed E-state index contributed by atoms with van der Waals surface area (Å²) in [6.07, 6.45) is 3.22. The van der Waals surface area contributed by atoms with Gasteiger partial charge in [-0.25, -0.2) is 9.97 Å². The van der Waals surface area contributed by atoms with Crippen LogP contribution in [0.4, 0.5) is 5.82 Å². The molecule has 1 saturated heterocycles. The van der Waals surface area contributed by atoms with E-state index in [2.05, 4.69) is 20.2 Å². The Kier molecular flexibility index (Phi) is 5.97. The van der Waals surface area contributed by atoms with Gasteiger partial charge in [0, 0.05) is 36.8 Å². The minimum Gasteiger partial charge on any atom is -0.384 e. The van der Waals surface area contributed by atoms with Crippen LogP contribution in [0.25, 0.3) is 11.3 Å². The fraction of sp³-hybridized carbons (Fsp3) is 0.368. The van der Waals surface area contributed by atoms with E-state index in [9.17, 15) is 9.59 Å². The van der Waals surface area contributed by atoms with Gasteiger partial charge in [0.2, 0.25) is 5.91 Å². The molecule has 2 heterocycles. The van der Waals surface area contributed by atoms with Crippen LogP contribution < -0.4 is 16.8 Å². The molecular weight excluding hydrogens is 344 g/mol. The SMILES string of the molecule is NC(=O)[C@@H]1CCCN(CCNC(=O)c2ccc(-c3cc(N)ncn3)cc2)C1. The van der Waals surface area contributed by atoms with Crippen LogP contribution in [0.2, 0.25) is 0 Å². The van der Waals surface area contributed by atoms with Gasteiger partial charge >= 0.3 is 0 Å². The van der Waals surface area contributed by atoms with Crippen molar-refractivity contribution in [2.75, 3.05) is 31.9 Å². The molecule has 0 spiro atoms. The molecule has 1 aliphatic rings. The van der Waals surface area contributed by atoms with Crippen LogP contribution in [0, 0.1) is 5.92 Å². The van der Waals surface area contributed by atoms with Gasteiger partial charge in [-0.3, -0.25) is 9.59 Å². The third kappa shape index (κ3) is 5.01. The summed E-state index contributed by atoms with van der Waals surface area (Å²) >= 11 is 0. The Bertz CT molecular complexity index is 808. The molecule has 1 aromatic carbocycles. The number of likely N-dealkylation sites (tertiary alicyclic amines) is 1. The molecule has 1 atom stereocenters. The summed E-state index contributed by atoms with van der Waals surface area (Å²) in [6, 6.07) is 8.87. The highest BCUT2D eigenvalue weighted by molar-refractivity contribution is 5.94. The first-order chi connectivity index (χ1) is 13.0. The number of piperidine rings is 1. The molecule has 0 unspecified atom stereocenters. The van der Waals surface area contributed by atoms with Crippen LogP contribution in [0.3, 0.4) is 0 Å². The Morgan fingerprint density at radius 3 is 2.70 bits per heavy atom. The number of carbonyl (C=O) groups is 2. The zero-order valence-electron chi connectivity index (χ0n) is 15.1. The number of nitrogen functional groups attached to an aromatic ring is 1. The zero-order valence-corrected chi connectivity index (χ0v) is 15.1. The van der Waals surface area contributed by atoms with Gasteiger partial charge in [-0.2, -0.15) is 0 Å². The Morgan fingerprint density at radius 1 is 1.22 bits per heavy atom. The maximum atomic E-state index is 12.3. The predicted octanol–water partition coefficient (Wildman–Crippen LogP) is 0.653. The van der Waals surface area contributed by atoms with Crippen molar-refractivity contribution in [2.24, 2.45) is 11.7 Å². The third-order valence-electron chi connectivity index (χ3n) is 4.75. The van der Waals surface area contributed by atoms with Crippen LogP contribution in [0.5, 0.6) is 0 Å². The number of hydrogen-bond donors (Lipinski definition) is 3. The molecule has 1 fully saturated rings. The largest absolute Gasteiger partial charge is 0.384 e. The number of amides is 2. The lowest BCUT2D eigenvalue weighted by Crippen LogP contribution is -2.44. The number of anilines is 1. The smallest absolute Gasteiger partial charge is 0.251 e. The van der Waals surface area contributed by atoms with Crippen LogP contribution in [0.15, 0.2) is 36.7 Å². The number of nitrogens with two attached hydrogens (primary N) is 2. The van der Waals surface area contributed by atoms with Gasteiger partial charge < -0.3 is 21.7 Å². The number of nitrogens with zero attached hydrogens (tertiary/aromatic N) is 3. The summed E-state index contributed by atoms with van der Waals surface area (Å²) in [5.41, 5.74) is 13.2. The second-order valence-electron chi connectivity index (χ2n) is 6.70. The van der Waals surface area contributed by atoms with E-state index in [0.717, 1.165) is 24.9 Å². The van der Waals surface area contributed by atoms with Crippen molar-refractivity contribution in [1.82, 2.24) is 20.2 Å². The first-order valence-electron chi connectivity index (χ1n) is 9.01. The maximum Gasteiger partial charge on any atom is 0.251 e. The third-order valence-corrected chi connectivity index (χ3v) is 4.75. The number of primary amides is 1. The van der Waals surface area contributed by atoms with Crippen molar-refractivity contribution in [1.29, 1.82) is 0 Å². The second-order valence-corrected chi connectivity index (χ2v) is 6.70. The van der Waals surface area contributed by atoms with Crippen LogP contribution in [-0.2, 0) is 4.79 Å². The van der Waals surface area contributed by atoms with Gasteiger partial charge in [-0.05, 0) is 31.5 Å². The Morgan fingerprint density at radius 2 is 2.00 bits per heavy atom. The van der Waals surface area contributed by atoms with Gasteiger partial charge in [0.15, 0.2) is 0 Å². The standard InChI is InChI=1S/C19H24N6O2/c20-17-10-16(23-12-24-17)13-3-5-14(6-4-13)19(27)22-7-9-25-8-1-2-15(11-25)18(21)26/h3-6,10,12,15H,1-2,7-9,11H2,(H2,21,26)(H,22,27)(H2,20,23,24)/t15-/m1/s1. The van der Waals surface area contributed by atoms with Gasteiger partial charge in [0.25, 0.3) is 5.91 Å². The highest BCUT2D eigenvalue weighted by Gasteiger charge is 2.23. The molecule has 27 heavy (non-hydrogen) atoms. The summed E-state index contributed by atoms with van der Waals surface area (Å²) < 4.78 is 0. The molecule has 0 saturated carbocycles. The summed E-state index contributed by atoms with van der Waals surface area (Å²) in [6.45, 7) is 2.82. The van der Waals surface area contributed by atoms with Gasteiger partial charge in [0.05, 0.1) is 11.6 Å². The minimum absolute atomic E-state index is 0.0853. The molecule has 2 aromatic rings. The molecule has 1 aromatic heterocycles. The van der Waals surface area contributed by atoms with E-state index in [1.807, 2.05) is 12.1 Å². The quantitative estimate of drug-likeness (QED) is 0.687. The lowest BCUT2D eigenvalue weighted by Gasteiger charge is -2.31. The van der Waals surface area contributed by atoms with Crippen molar-refractivity contribution in [3.05, 3.63) is 42.2 Å². The van der Waals surface area contributed by atoms with Crippen molar-refractivity contribution < 1.29 is 9.59 Å². The molecule has 1 aliphatic heterocycles. The molecule has 5 N–H and O–H groups in total. The highest BCUT2D eigenvalue weighted by atomic mass is 16.2. The van der Waals surface area contributed by atoms with Crippen LogP contribution >= 0.6 is 0 Å². The highest BCUT2D eigenvalue weighted by Crippen LogP contribution is 2.18. The van der Waals surface area contributed by atoms with E-state index in [-0.39, 0.29) is 17.7 Å². The van der Waals surface area contributed by atoms with Crippen molar-refractivity contribution in [3.63, 3.8) is 0 Å².